The minimum Gasteiger partial charge on any atom is -0.462 e. The Kier molecular flexibility index (Phi) is 5.87. The van der Waals surface area contributed by atoms with Gasteiger partial charge in [0.2, 0.25) is 0 Å². The van der Waals surface area contributed by atoms with Gasteiger partial charge in [0.1, 0.15) is 5.75 Å². The zero-order chi connectivity index (χ0) is 19.2. The highest BCUT2D eigenvalue weighted by Gasteiger charge is 2.05. The van der Waals surface area contributed by atoms with Gasteiger partial charge >= 0.3 is 5.97 Å². The lowest BCUT2D eigenvalue weighted by atomic mass is 9.98. The number of esters is 1. The molecule has 0 radical (unpaired) electrons. The van der Waals surface area contributed by atoms with Crippen LogP contribution in [0.4, 0.5) is 0 Å². The zero-order valence-corrected chi connectivity index (χ0v) is 15.4. The van der Waals surface area contributed by atoms with Crippen LogP contribution in [-0.2, 0) is 20.7 Å². The molecule has 3 aromatic rings. The number of hydrogen-bond donors (Lipinski definition) is 0. The fourth-order valence-electron chi connectivity index (χ4n) is 3.10. The SMILES string of the molecule is C=C(C)C(=O)OCCCCc1ccc2c(ccc3cc(OC=O)ccc32)c1. The van der Waals surface area contributed by atoms with E-state index < -0.39 is 0 Å². The lowest BCUT2D eigenvalue weighted by molar-refractivity contribution is -0.139. The van der Waals surface area contributed by atoms with E-state index in [0.717, 1.165) is 30.0 Å². The van der Waals surface area contributed by atoms with Crippen molar-refractivity contribution in [1.82, 2.24) is 0 Å². The first-order chi connectivity index (χ1) is 13.1. The summed E-state index contributed by atoms with van der Waals surface area (Å²) >= 11 is 0. The van der Waals surface area contributed by atoms with E-state index in [4.69, 9.17) is 9.47 Å². The van der Waals surface area contributed by atoms with Gasteiger partial charge in [-0.15, -0.1) is 0 Å². The Balaban J connectivity index is 1.67. The minimum atomic E-state index is -0.325. The third-order valence-corrected chi connectivity index (χ3v) is 4.50. The molecule has 0 amide bonds. The van der Waals surface area contributed by atoms with E-state index >= 15 is 0 Å². The third kappa shape index (κ3) is 4.53. The quantitative estimate of drug-likeness (QED) is 0.187. The van der Waals surface area contributed by atoms with E-state index in [0.29, 0.717) is 24.4 Å². The van der Waals surface area contributed by atoms with Gasteiger partial charge in [-0.05, 0) is 65.4 Å². The third-order valence-electron chi connectivity index (χ3n) is 4.50. The molecule has 0 N–H and O–H groups in total. The second kappa shape index (κ2) is 8.49. The summed E-state index contributed by atoms with van der Waals surface area (Å²) in [5, 5.41) is 4.51. The maximum atomic E-state index is 11.3. The van der Waals surface area contributed by atoms with Crippen LogP contribution in [0.15, 0.2) is 60.7 Å². The summed E-state index contributed by atoms with van der Waals surface area (Å²) in [5.74, 6) is 0.218. The van der Waals surface area contributed by atoms with E-state index in [2.05, 4.69) is 30.8 Å². The first kappa shape index (κ1) is 18.6. The van der Waals surface area contributed by atoms with Crippen molar-refractivity contribution < 1.29 is 19.1 Å². The monoisotopic (exact) mass is 362 g/mol. The van der Waals surface area contributed by atoms with Crippen molar-refractivity contribution in [3.63, 3.8) is 0 Å². The molecule has 138 valence electrons. The molecule has 0 aliphatic rings. The second-order valence-corrected chi connectivity index (χ2v) is 6.59. The highest BCUT2D eigenvalue weighted by molar-refractivity contribution is 6.08. The van der Waals surface area contributed by atoms with E-state index in [1.165, 1.54) is 16.3 Å². The number of carbonyl (C=O) groups excluding carboxylic acids is 2. The van der Waals surface area contributed by atoms with E-state index in [9.17, 15) is 9.59 Å². The first-order valence-corrected chi connectivity index (χ1v) is 8.97. The van der Waals surface area contributed by atoms with Crippen LogP contribution >= 0.6 is 0 Å². The molecule has 0 aliphatic carbocycles. The fourth-order valence-corrected chi connectivity index (χ4v) is 3.10. The summed E-state index contributed by atoms with van der Waals surface area (Å²) in [6.45, 7) is 6.08. The topological polar surface area (TPSA) is 52.6 Å². The average molecular weight is 362 g/mol. The summed E-state index contributed by atoms with van der Waals surface area (Å²) in [5.41, 5.74) is 1.69. The summed E-state index contributed by atoms with van der Waals surface area (Å²) in [4.78, 5) is 21.8. The highest BCUT2D eigenvalue weighted by atomic mass is 16.5. The smallest absolute Gasteiger partial charge is 0.333 e. The molecule has 0 fully saturated rings. The molecular formula is C23H22O4. The number of unbranched alkanes of at least 4 members (excludes halogenated alkanes) is 1. The number of rotatable bonds is 8. The van der Waals surface area contributed by atoms with Crippen molar-refractivity contribution in [2.24, 2.45) is 0 Å². The lowest BCUT2D eigenvalue weighted by Gasteiger charge is -2.08. The number of fused-ring (bicyclic) bond motifs is 3. The fraction of sp³-hybridized carbons (Fsp3) is 0.217. The molecule has 0 atom stereocenters. The molecule has 27 heavy (non-hydrogen) atoms. The molecule has 0 heterocycles. The van der Waals surface area contributed by atoms with Crippen LogP contribution in [-0.4, -0.2) is 19.0 Å². The van der Waals surface area contributed by atoms with Crippen LogP contribution in [0.5, 0.6) is 5.75 Å². The Morgan fingerprint density at radius 3 is 2.41 bits per heavy atom. The molecule has 0 saturated carbocycles. The predicted molar refractivity (Wildman–Crippen MR) is 107 cm³/mol. The van der Waals surface area contributed by atoms with Crippen LogP contribution in [0, 0.1) is 0 Å². The number of aryl methyl sites for hydroxylation is 1. The molecule has 0 aromatic heterocycles. The van der Waals surface area contributed by atoms with Crippen LogP contribution < -0.4 is 4.74 Å². The van der Waals surface area contributed by atoms with E-state index in [1.54, 1.807) is 13.0 Å². The van der Waals surface area contributed by atoms with Crippen molar-refractivity contribution >= 4 is 34.0 Å². The van der Waals surface area contributed by atoms with Gasteiger partial charge in [-0.3, -0.25) is 4.79 Å². The molecule has 0 saturated heterocycles. The Morgan fingerprint density at radius 1 is 1.00 bits per heavy atom. The molecule has 0 spiro atoms. The molecule has 4 heteroatoms. The van der Waals surface area contributed by atoms with Gasteiger partial charge in [0, 0.05) is 5.57 Å². The zero-order valence-electron chi connectivity index (χ0n) is 15.4. The number of ether oxygens (including phenoxy) is 2. The van der Waals surface area contributed by atoms with Gasteiger partial charge in [0.25, 0.3) is 6.47 Å². The van der Waals surface area contributed by atoms with Crippen molar-refractivity contribution in [1.29, 1.82) is 0 Å². The van der Waals surface area contributed by atoms with Crippen LogP contribution in [0.25, 0.3) is 21.5 Å². The maximum Gasteiger partial charge on any atom is 0.333 e. The highest BCUT2D eigenvalue weighted by Crippen LogP contribution is 2.29. The average Bonchev–Trinajstić information content (AvgIpc) is 2.67. The molecule has 3 rings (SSSR count). The lowest BCUT2D eigenvalue weighted by Crippen LogP contribution is -2.06. The Morgan fingerprint density at radius 2 is 1.70 bits per heavy atom. The summed E-state index contributed by atoms with van der Waals surface area (Å²) in [6, 6.07) is 16.2. The summed E-state index contributed by atoms with van der Waals surface area (Å²) in [6.07, 6.45) is 2.72. The van der Waals surface area contributed by atoms with Crippen molar-refractivity contribution in [2.45, 2.75) is 26.2 Å². The molecule has 4 nitrogen and oxygen atoms in total. The first-order valence-electron chi connectivity index (χ1n) is 8.97. The van der Waals surface area contributed by atoms with Crippen LogP contribution in [0.2, 0.25) is 0 Å². The standard InChI is InChI=1S/C23H22O4/c1-16(2)23(25)26-12-4-3-5-17-6-10-21-18(13-17)7-8-19-14-20(27-15-24)9-11-22(19)21/h6-11,13-15H,1,3-5,12H2,2H3. The van der Waals surface area contributed by atoms with Gasteiger partial charge in [-0.2, -0.15) is 0 Å². The molecule has 0 unspecified atom stereocenters. The van der Waals surface area contributed by atoms with Crippen LogP contribution in [0.3, 0.4) is 0 Å². The predicted octanol–water partition coefficient (Wildman–Crippen LogP) is 4.97. The van der Waals surface area contributed by atoms with Gasteiger partial charge < -0.3 is 9.47 Å². The minimum absolute atomic E-state index is 0.325. The van der Waals surface area contributed by atoms with Gasteiger partial charge in [-0.1, -0.05) is 43.0 Å². The number of hydrogen-bond acceptors (Lipinski definition) is 4. The second-order valence-electron chi connectivity index (χ2n) is 6.59. The molecule has 3 aromatic carbocycles. The normalized spacial score (nSPS) is 10.7. The number of benzene rings is 3. The van der Waals surface area contributed by atoms with Gasteiger partial charge in [0.15, 0.2) is 0 Å². The Bertz CT molecular complexity index is 1000. The van der Waals surface area contributed by atoms with E-state index in [-0.39, 0.29) is 5.97 Å². The van der Waals surface area contributed by atoms with Crippen LogP contribution in [0.1, 0.15) is 25.3 Å². The van der Waals surface area contributed by atoms with Crippen molar-refractivity contribution in [2.75, 3.05) is 6.61 Å². The van der Waals surface area contributed by atoms with Crippen molar-refractivity contribution in [3.05, 3.63) is 66.2 Å². The Labute approximate surface area is 158 Å². The maximum absolute atomic E-state index is 11.3. The molecule has 0 bridgehead atoms. The summed E-state index contributed by atoms with van der Waals surface area (Å²) < 4.78 is 10.0. The van der Waals surface area contributed by atoms with Crippen molar-refractivity contribution in [3.8, 4) is 5.75 Å². The number of carbonyl (C=O) groups is 2. The summed E-state index contributed by atoms with van der Waals surface area (Å²) in [7, 11) is 0. The molecule has 0 aliphatic heterocycles. The Hall–Kier alpha value is -3.14. The van der Waals surface area contributed by atoms with Gasteiger partial charge in [0.05, 0.1) is 6.61 Å². The largest absolute Gasteiger partial charge is 0.462 e. The molecular weight excluding hydrogens is 340 g/mol. The van der Waals surface area contributed by atoms with E-state index in [1.807, 2.05) is 18.2 Å². The van der Waals surface area contributed by atoms with Gasteiger partial charge in [-0.25, -0.2) is 4.79 Å².